The van der Waals surface area contributed by atoms with Gasteiger partial charge in [-0.15, -0.1) is 0 Å². The highest BCUT2D eigenvalue weighted by Gasteiger charge is 2.41. The molecule has 9 heteroatoms. The third kappa shape index (κ3) is 4.18. The number of nitrogens with two attached hydrogens (primary N) is 1. The third-order valence-electron chi connectivity index (χ3n) is 4.86. The number of halogens is 1. The predicted octanol–water partition coefficient (Wildman–Crippen LogP) is 2.10. The summed E-state index contributed by atoms with van der Waals surface area (Å²) < 4.78 is 14.1. The van der Waals surface area contributed by atoms with Gasteiger partial charge in [0.05, 0.1) is 16.3 Å². The number of nitrogens with zero attached hydrogens (tertiary/aromatic N) is 2. The summed E-state index contributed by atoms with van der Waals surface area (Å²) in [6.45, 7) is 11.1. The van der Waals surface area contributed by atoms with Crippen LogP contribution < -0.4 is 11.4 Å². The van der Waals surface area contributed by atoms with Crippen LogP contribution in [0.1, 0.15) is 33.4 Å². The lowest BCUT2D eigenvalue weighted by molar-refractivity contribution is -0.0432. The van der Waals surface area contributed by atoms with Gasteiger partial charge in [0.25, 0.3) is 0 Å². The molecule has 0 aromatic carbocycles. The minimum atomic E-state index is -1.92. The van der Waals surface area contributed by atoms with Crippen molar-refractivity contribution >= 4 is 36.7 Å². The van der Waals surface area contributed by atoms with Crippen LogP contribution in [-0.4, -0.2) is 41.8 Å². The van der Waals surface area contributed by atoms with E-state index in [0.29, 0.717) is 16.6 Å². The summed E-state index contributed by atoms with van der Waals surface area (Å²) >= 11 is 2.02. The molecule has 0 spiro atoms. The van der Waals surface area contributed by atoms with Crippen LogP contribution in [0.2, 0.25) is 18.1 Å². The summed E-state index contributed by atoms with van der Waals surface area (Å²) in [6.07, 6.45) is 0.252. The first kappa shape index (κ1) is 19.8. The van der Waals surface area contributed by atoms with E-state index in [1.807, 2.05) is 22.6 Å². The minimum absolute atomic E-state index is 0.0872. The fourth-order valence-corrected chi connectivity index (χ4v) is 3.64. The molecule has 0 saturated carbocycles. The molecule has 1 aromatic heterocycles. The van der Waals surface area contributed by atoms with Crippen LogP contribution in [0.15, 0.2) is 11.0 Å². The van der Waals surface area contributed by atoms with Crippen LogP contribution in [0.5, 0.6) is 0 Å². The first-order valence-corrected chi connectivity index (χ1v) is 11.9. The molecular formula is C15H26IN3O4Si. The fraction of sp³-hybridized carbons (Fsp3) is 0.733. The zero-order chi connectivity index (χ0) is 18.3. The van der Waals surface area contributed by atoms with Gasteiger partial charge in [0.15, 0.2) is 8.32 Å². The third-order valence-corrected chi connectivity index (χ3v) is 10.2. The quantitative estimate of drug-likeness (QED) is 0.520. The molecule has 3 atom stereocenters. The standard InChI is InChI=1S/C15H26IN3O4Si/c1-15(2,3)24(4,5)22-8-11-10(20)6-12(23-11)19-7-9(16)13(17)18-14(19)21/h7,10-12,20H,6,8H2,1-5H3,(H2,17,18,21)/t10-,11-,12-/m1/s1. The summed E-state index contributed by atoms with van der Waals surface area (Å²) in [5, 5.41) is 10.4. The lowest BCUT2D eigenvalue weighted by atomic mass is 10.2. The van der Waals surface area contributed by atoms with Gasteiger partial charge in [-0.3, -0.25) is 4.57 Å². The van der Waals surface area contributed by atoms with E-state index in [2.05, 4.69) is 38.8 Å². The SMILES string of the molecule is CC(C)(C)[Si](C)(C)OC[C@H]1O[C@@H](n2cc(I)c(N)nc2=O)C[C@H]1O. The number of aliphatic hydroxyl groups is 1. The average Bonchev–Trinajstić information content (AvgIpc) is 2.80. The molecule has 0 amide bonds. The molecule has 1 aliphatic rings. The van der Waals surface area contributed by atoms with Gasteiger partial charge in [-0.25, -0.2) is 4.79 Å². The molecule has 136 valence electrons. The summed E-state index contributed by atoms with van der Waals surface area (Å²) in [5.74, 6) is 0.202. The molecule has 1 fully saturated rings. The van der Waals surface area contributed by atoms with E-state index in [9.17, 15) is 9.90 Å². The van der Waals surface area contributed by atoms with E-state index in [-0.39, 0.29) is 10.9 Å². The number of aliphatic hydroxyl groups excluding tert-OH is 1. The first-order valence-electron chi connectivity index (χ1n) is 7.94. The molecule has 1 aliphatic heterocycles. The first-order chi connectivity index (χ1) is 10.9. The monoisotopic (exact) mass is 467 g/mol. The molecule has 3 N–H and O–H groups in total. The summed E-state index contributed by atoms with van der Waals surface area (Å²) in [7, 11) is -1.92. The van der Waals surface area contributed by atoms with Crippen molar-refractivity contribution < 1.29 is 14.3 Å². The van der Waals surface area contributed by atoms with Gasteiger partial charge in [0.1, 0.15) is 18.1 Å². The molecule has 1 saturated heterocycles. The number of nitrogen functional groups attached to an aromatic ring is 1. The van der Waals surface area contributed by atoms with Gasteiger partial charge in [0.2, 0.25) is 0 Å². The highest BCUT2D eigenvalue weighted by molar-refractivity contribution is 14.1. The van der Waals surface area contributed by atoms with Crippen molar-refractivity contribution in [1.29, 1.82) is 0 Å². The van der Waals surface area contributed by atoms with Gasteiger partial charge in [-0.1, -0.05) is 20.8 Å². The topological polar surface area (TPSA) is 99.6 Å². The zero-order valence-corrected chi connectivity index (χ0v) is 17.9. The molecule has 0 radical (unpaired) electrons. The largest absolute Gasteiger partial charge is 0.414 e. The number of aromatic nitrogens is 2. The van der Waals surface area contributed by atoms with E-state index in [1.54, 1.807) is 6.20 Å². The Morgan fingerprint density at radius 3 is 2.75 bits per heavy atom. The predicted molar refractivity (Wildman–Crippen MR) is 103 cm³/mol. The Labute approximate surface area is 156 Å². The van der Waals surface area contributed by atoms with E-state index in [0.717, 1.165) is 0 Å². The van der Waals surface area contributed by atoms with Gasteiger partial charge >= 0.3 is 5.69 Å². The minimum Gasteiger partial charge on any atom is -0.414 e. The maximum atomic E-state index is 12.0. The molecular weight excluding hydrogens is 441 g/mol. The second-order valence-corrected chi connectivity index (χ2v) is 13.6. The van der Waals surface area contributed by atoms with Crippen LogP contribution in [0.4, 0.5) is 5.82 Å². The molecule has 1 aromatic rings. The van der Waals surface area contributed by atoms with E-state index in [1.165, 1.54) is 4.57 Å². The number of rotatable bonds is 4. The van der Waals surface area contributed by atoms with Crippen molar-refractivity contribution in [3.63, 3.8) is 0 Å². The molecule has 2 heterocycles. The van der Waals surface area contributed by atoms with Crippen molar-refractivity contribution in [3.05, 3.63) is 20.3 Å². The van der Waals surface area contributed by atoms with Crippen molar-refractivity contribution in [3.8, 4) is 0 Å². The molecule has 0 unspecified atom stereocenters. The molecule has 7 nitrogen and oxygen atoms in total. The summed E-state index contributed by atoms with van der Waals surface area (Å²) in [5.41, 5.74) is 5.17. The van der Waals surface area contributed by atoms with Crippen LogP contribution in [0, 0.1) is 3.57 Å². The van der Waals surface area contributed by atoms with Gasteiger partial charge in [0, 0.05) is 12.6 Å². The smallest absolute Gasteiger partial charge is 0.351 e. The number of ether oxygens (including phenoxy) is 1. The number of anilines is 1. The van der Waals surface area contributed by atoms with Crippen LogP contribution in [0.25, 0.3) is 0 Å². The maximum Gasteiger partial charge on any atom is 0.351 e. The van der Waals surface area contributed by atoms with Gasteiger partial charge in [-0.2, -0.15) is 4.98 Å². The Hall–Kier alpha value is -0.493. The Balaban J connectivity index is 2.08. The van der Waals surface area contributed by atoms with Crippen molar-refractivity contribution in [2.24, 2.45) is 0 Å². The highest BCUT2D eigenvalue weighted by Crippen LogP contribution is 2.37. The zero-order valence-electron chi connectivity index (χ0n) is 14.7. The molecule has 0 bridgehead atoms. The summed E-state index contributed by atoms with van der Waals surface area (Å²) in [6, 6.07) is 0. The van der Waals surface area contributed by atoms with Crippen LogP contribution in [-0.2, 0) is 9.16 Å². The lowest BCUT2D eigenvalue weighted by Gasteiger charge is -2.37. The molecule has 2 rings (SSSR count). The molecule has 24 heavy (non-hydrogen) atoms. The maximum absolute atomic E-state index is 12.0. The second kappa shape index (κ2) is 7.02. The fourth-order valence-electron chi connectivity index (χ4n) is 2.21. The van der Waals surface area contributed by atoms with Crippen molar-refractivity contribution in [1.82, 2.24) is 9.55 Å². The van der Waals surface area contributed by atoms with Crippen molar-refractivity contribution in [2.75, 3.05) is 12.3 Å². The lowest BCUT2D eigenvalue weighted by Crippen LogP contribution is -2.43. The Morgan fingerprint density at radius 2 is 2.17 bits per heavy atom. The van der Waals surface area contributed by atoms with Crippen LogP contribution >= 0.6 is 22.6 Å². The van der Waals surface area contributed by atoms with E-state index < -0.39 is 32.4 Å². The van der Waals surface area contributed by atoms with Gasteiger partial charge in [-0.05, 0) is 40.7 Å². The molecule has 0 aliphatic carbocycles. The Morgan fingerprint density at radius 1 is 1.54 bits per heavy atom. The van der Waals surface area contributed by atoms with E-state index in [4.69, 9.17) is 14.9 Å². The summed E-state index contributed by atoms with van der Waals surface area (Å²) in [4.78, 5) is 15.8. The number of hydrogen-bond donors (Lipinski definition) is 2. The van der Waals surface area contributed by atoms with E-state index >= 15 is 0 Å². The van der Waals surface area contributed by atoms with Crippen molar-refractivity contribution in [2.45, 2.75) is 63.8 Å². The normalized spacial score (nSPS) is 25.2. The average molecular weight is 467 g/mol. The van der Waals surface area contributed by atoms with Crippen LogP contribution in [0.3, 0.4) is 0 Å². The van der Waals surface area contributed by atoms with Gasteiger partial charge < -0.3 is 20.0 Å². The highest BCUT2D eigenvalue weighted by atomic mass is 127. The Kier molecular flexibility index (Phi) is 5.80. The second-order valence-electron chi connectivity index (χ2n) is 7.67. The number of hydrogen-bond acceptors (Lipinski definition) is 6. The Bertz CT molecular complexity index is 659.